The first-order valence-electron chi connectivity index (χ1n) is 13.9. The van der Waals surface area contributed by atoms with Crippen LogP contribution in [0.25, 0.3) is 0 Å². The van der Waals surface area contributed by atoms with Crippen LogP contribution < -0.4 is 25.2 Å². The molecule has 3 N–H and O–H groups in total. The van der Waals surface area contributed by atoms with Crippen LogP contribution in [0.2, 0.25) is 0 Å². The predicted octanol–water partition coefficient (Wildman–Crippen LogP) is 4.50. The van der Waals surface area contributed by atoms with Crippen LogP contribution in [0, 0.1) is 5.41 Å². The van der Waals surface area contributed by atoms with Gasteiger partial charge in [-0.05, 0) is 49.8 Å². The average Bonchev–Trinajstić information content (AvgIpc) is 3.36. The van der Waals surface area contributed by atoms with E-state index in [4.69, 9.17) is 9.72 Å². The smallest absolute Gasteiger partial charge is 0.249 e. The number of carbonyl (C=O) groups excluding carboxylic acids is 1. The summed E-state index contributed by atoms with van der Waals surface area (Å²) in [6, 6.07) is 5.04. The zero-order chi connectivity index (χ0) is 27.4. The van der Waals surface area contributed by atoms with Gasteiger partial charge in [0.15, 0.2) is 5.82 Å². The van der Waals surface area contributed by atoms with Gasteiger partial charge in [-0.3, -0.25) is 10.1 Å². The summed E-state index contributed by atoms with van der Waals surface area (Å²) in [5.74, 6) is -0.949. The van der Waals surface area contributed by atoms with Gasteiger partial charge < -0.3 is 25.0 Å². The molecule has 0 radical (unpaired) electrons. The molecule has 210 valence electrons. The lowest BCUT2D eigenvalue weighted by Gasteiger charge is -2.31. The van der Waals surface area contributed by atoms with Crippen LogP contribution in [0.3, 0.4) is 0 Å². The van der Waals surface area contributed by atoms with E-state index in [0.29, 0.717) is 42.0 Å². The van der Waals surface area contributed by atoms with Crippen molar-refractivity contribution in [2.24, 2.45) is 5.41 Å². The number of amides is 1. The summed E-state index contributed by atoms with van der Waals surface area (Å²) >= 11 is 0. The molecule has 3 fully saturated rings. The van der Waals surface area contributed by atoms with E-state index in [2.05, 4.69) is 20.5 Å². The first kappa shape index (κ1) is 26.2. The maximum atomic E-state index is 13.6. The Morgan fingerprint density at radius 2 is 1.95 bits per heavy atom. The Morgan fingerprint density at radius 3 is 2.62 bits per heavy atom. The third-order valence-electron chi connectivity index (χ3n) is 8.82. The van der Waals surface area contributed by atoms with Crippen molar-refractivity contribution in [3.8, 4) is 5.75 Å². The molecule has 2 aromatic rings. The van der Waals surface area contributed by atoms with Gasteiger partial charge in [-0.1, -0.05) is 18.9 Å². The number of aromatic nitrogens is 2. The lowest BCUT2D eigenvalue weighted by molar-refractivity contribution is -0.122. The average molecular weight is 543 g/mol. The highest BCUT2D eigenvalue weighted by atomic mass is 19.3. The van der Waals surface area contributed by atoms with Crippen LogP contribution in [0.15, 0.2) is 24.4 Å². The number of alkyl halides is 2. The lowest BCUT2D eigenvalue weighted by atomic mass is 10.0. The van der Waals surface area contributed by atoms with Crippen molar-refractivity contribution in [1.29, 1.82) is 0 Å². The molecule has 2 unspecified atom stereocenters. The van der Waals surface area contributed by atoms with Gasteiger partial charge in [0.05, 0.1) is 24.4 Å². The number of benzene rings is 1. The second-order valence-corrected chi connectivity index (χ2v) is 11.6. The number of fused-ring (bicyclic) bond motifs is 1. The van der Waals surface area contributed by atoms with Gasteiger partial charge in [-0.25, -0.2) is 13.8 Å². The Morgan fingerprint density at radius 1 is 1.18 bits per heavy atom. The van der Waals surface area contributed by atoms with Crippen LogP contribution in [-0.4, -0.2) is 59.7 Å². The van der Waals surface area contributed by atoms with Gasteiger partial charge in [-0.15, -0.1) is 0 Å². The maximum absolute atomic E-state index is 13.6. The second kappa shape index (κ2) is 9.85. The van der Waals surface area contributed by atoms with Crippen molar-refractivity contribution in [3.05, 3.63) is 30.0 Å². The van der Waals surface area contributed by atoms with Gasteiger partial charge in [0.1, 0.15) is 17.7 Å². The van der Waals surface area contributed by atoms with E-state index in [1.807, 2.05) is 7.05 Å². The number of ether oxygens (including phenoxy) is 1. The van der Waals surface area contributed by atoms with Gasteiger partial charge >= 0.3 is 0 Å². The zero-order valence-electron chi connectivity index (χ0n) is 22.4. The molecule has 3 aliphatic carbocycles. The fourth-order valence-corrected chi connectivity index (χ4v) is 6.36. The van der Waals surface area contributed by atoms with Crippen LogP contribution in [-0.2, 0) is 4.79 Å². The van der Waals surface area contributed by atoms with E-state index in [-0.39, 0.29) is 24.2 Å². The molecule has 1 aromatic heterocycles. The van der Waals surface area contributed by atoms with Crippen molar-refractivity contribution < 1.29 is 23.4 Å². The number of hydrogen-bond acceptors (Lipinski definition) is 8. The van der Waals surface area contributed by atoms with Crippen molar-refractivity contribution in [2.45, 2.75) is 82.0 Å². The first-order chi connectivity index (χ1) is 18.7. The summed E-state index contributed by atoms with van der Waals surface area (Å²) < 4.78 is 32.7. The molecule has 1 spiro atoms. The van der Waals surface area contributed by atoms with Crippen molar-refractivity contribution in [3.63, 3.8) is 0 Å². The molecule has 0 saturated heterocycles. The Hall–Kier alpha value is -3.05. The molecule has 1 aromatic carbocycles. The van der Waals surface area contributed by atoms with Crippen LogP contribution >= 0.6 is 0 Å². The Kier molecular flexibility index (Phi) is 6.61. The molecule has 3 saturated carbocycles. The van der Waals surface area contributed by atoms with Crippen LogP contribution in [0.5, 0.6) is 5.75 Å². The molecule has 39 heavy (non-hydrogen) atoms. The van der Waals surface area contributed by atoms with Crippen molar-refractivity contribution >= 4 is 29.0 Å². The number of halogens is 2. The highest BCUT2D eigenvalue weighted by Gasteiger charge is 2.55. The van der Waals surface area contributed by atoms with E-state index in [1.165, 1.54) is 20.0 Å². The van der Waals surface area contributed by atoms with E-state index in [0.717, 1.165) is 37.2 Å². The van der Waals surface area contributed by atoms with E-state index in [1.54, 1.807) is 29.3 Å². The fraction of sp³-hybridized carbons (Fsp3) is 0.607. The van der Waals surface area contributed by atoms with Crippen LogP contribution in [0.4, 0.5) is 31.9 Å². The van der Waals surface area contributed by atoms with Gasteiger partial charge in [-0.2, -0.15) is 4.98 Å². The predicted molar refractivity (Wildman–Crippen MR) is 144 cm³/mol. The largest absolute Gasteiger partial charge is 0.495 e. The number of hydrogen-bond donors (Lipinski definition) is 3. The van der Waals surface area contributed by atoms with Gasteiger partial charge in [0.25, 0.3) is 0 Å². The SMILES string of the molecule is COc1cc(C(O)NC2CCC(F)(F)C2)ccc1Nc1ncc2c(n1)N(C1CCCC1)CC1(CC1)C(=O)N2C. The molecular weight excluding hydrogens is 506 g/mol. The minimum atomic E-state index is -2.69. The van der Waals surface area contributed by atoms with E-state index in [9.17, 15) is 18.7 Å². The zero-order valence-corrected chi connectivity index (χ0v) is 22.4. The normalized spacial score (nSPS) is 24.5. The van der Waals surface area contributed by atoms with Gasteiger partial charge in [0.2, 0.25) is 17.8 Å². The molecule has 11 heteroatoms. The van der Waals surface area contributed by atoms with Crippen molar-refractivity contribution in [2.75, 3.05) is 35.8 Å². The van der Waals surface area contributed by atoms with Crippen molar-refractivity contribution in [1.82, 2.24) is 15.3 Å². The summed E-state index contributed by atoms with van der Waals surface area (Å²) in [7, 11) is 3.33. The Balaban J connectivity index is 1.24. The number of aliphatic hydroxyl groups is 1. The Labute approximate surface area is 226 Å². The number of carbonyl (C=O) groups is 1. The van der Waals surface area contributed by atoms with E-state index < -0.39 is 18.2 Å². The van der Waals surface area contributed by atoms with Gasteiger partial charge in [0, 0.05) is 38.5 Å². The molecule has 4 aliphatic rings. The second-order valence-electron chi connectivity index (χ2n) is 11.6. The standard InChI is InChI=1S/C28H36F2N6O3/c1-35-21-15-31-26(34-23(21)36(19-5-3-4-6-19)16-27(11-12-27)25(35)38)33-20-8-7-17(13-22(20)39-2)24(37)32-18-9-10-28(29,30)14-18/h7-8,13,15,18-19,24,32,37H,3-6,9-12,14,16H2,1-2H3,(H,31,33,34). The molecule has 2 heterocycles. The van der Waals surface area contributed by atoms with E-state index >= 15 is 0 Å². The number of rotatable bonds is 7. The topological polar surface area (TPSA) is 103 Å². The minimum Gasteiger partial charge on any atom is -0.495 e. The lowest BCUT2D eigenvalue weighted by Crippen LogP contribution is -2.41. The molecule has 9 nitrogen and oxygen atoms in total. The number of methoxy groups -OCH3 is 1. The van der Waals surface area contributed by atoms with Crippen LogP contribution in [0.1, 0.15) is 69.6 Å². The molecule has 6 rings (SSSR count). The summed E-state index contributed by atoms with van der Waals surface area (Å²) in [4.78, 5) is 26.8. The summed E-state index contributed by atoms with van der Waals surface area (Å²) in [5.41, 5.74) is 1.51. The summed E-state index contributed by atoms with van der Waals surface area (Å²) in [6.45, 7) is 0.681. The number of anilines is 4. The molecule has 1 aliphatic heterocycles. The summed E-state index contributed by atoms with van der Waals surface area (Å²) in [5, 5.41) is 16.8. The molecule has 2 atom stereocenters. The molecular formula is C28H36F2N6O3. The number of nitrogens with zero attached hydrogens (tertiary/aromatic N) is 4. The fourth-order valence-electron chi connectivity index (χ4n) is 6.36. The highest BCUT2D eigenvalue weighted by Crippen LogP contribution is 2.52. The first-order valence-corrected chi connectivity index (χ1v) is 13.9. The third kappa shape index (κ3) is 5.02. The minimum absolute atomic E-state index is 0.138. The molecule has 1 amide bonds. The quantitative estimate of drug-likeness (QED) is 0.440. The third-order valence-corrected chi connectivity index (χ3v) is 8.82. The maximum Gasteiger partial charge on any atom is 0.249 e. The highest BCUT2D eigenvalue weighted by molar-refractivity contribution is 6.02. The summed E-state index contributed by atoms with van der Waals surface area (Å²) in [6.07, 6.45) is 6.80. The Bertz CT molecular complexity index is 1250. The monoisotopic (exact) mass is 542 g/mol. The molecule has 0 bridgehead atoms. The number of nitrogens with one attached hydrogen (secondary N) is 2. The number of aliphatic hydroxyl groups excluding tert-OH is 1.